The Morgan fingerprint density at radius 1 is 1.19 bits per heavy atom. The van der Waals surface area contributed by atoms with Gasteiger partial charge in [0.25, 0.3) is 0 Å². The van der Waals surface area contributed by atoms with Crippen molar-refractivity contribution < 1.29 is 14.4 Å². The Bertz CT molecular complexity index is 746. The molecule has 1 saturated carbocycles. The molecule has 2 bridgehead atoms. The number of carbonyl (C=O) groups is 3. The number of allylic oxidation sites excluding steroid dienone is 2. The van der Waals surface area contributed by atoms with Crippen LogP contribution in [-0.4, -0.2) is 46.1 Å². The minimum absolute atomic E-state index is 0.101. The molecule has 5 atom stereocenters. The maximum Gasteiger partial charge on any atom is 0.242 e. The fraction of sp³-hybridized carbons (Fsp3) is 0.500. The molecule has 0 unspecified atom stereocenters. The minimum Gasteiger partial charge on any atom is -0.337 e. The van der Waals surface area contributed by atoms with E-state index in [2.05, 4.69) is 17.1 Å². The van der Waals surface area contributed by atoms with Crippen molar-refractivity contribution in [2.24, 2.45) is 23.7 Å². The van der Waals surface area contributed by atoms with Crippen molar-refractivity contribution in [3.05, 3.63) is 42.2 Å². The number of likely N-dealkylation sites (tertiary alicyclic amines) is 1. The third-order valence-corrected chi connectivity index (χ3v) is 6.19. The van der Waals surface area contributed by atoms with Gasteiger partial charge in [0.15, 0.2) is 0 Å². The first-order valence-electron chi connectivity index (χ1n) is 9.22. The van der Waals surface area contributed by atoms with Crippen LogP contribution in [0.4, 0.5) is 0 Å². The molecule has 0 N–H and O–H groups in total. The van der Waals surface area contributed by atoms with Crippen molar-refractivity contribution in [2.45, 2.75) is 25.8 Å². The number of rotatable bonds is 5. The smallest absolute Gasteiger partial charge is 0.242 e. The standard InChI is InChI=1S/C20H23N3O3/c1-3-15(12-6-8-21-9-7-12)22(2)16(24)11-23-19(25)17-13-4-5-14(10-13)18(17)20(23)26/h4-9,13-15,17-18H,3,10-11H2,1-2H3/t13-,14-,15-,17-,18+/m0/s1. The van der Waals surface area contributed by atoms with E-state index in [-0.39, 0.29) is 54.0 Å². The predicted octanol–water partition coefficient (Wildman–Crippen LogP) is 1.80. The molecule has 1 aliphatic heterocycles. The molecule has 2 fully saturated rings. The highest BCUT2D eigenvalue weighted by Crippen LogP contribution is 2.52. The van der Waals surface area contributed by atoms with E-state index in [1.165, 1.54) is 4.90 Å². The zero-order chi connectivity index (χ0) is 18.4. The van der Waals surface area contributed by atoms with E-state index in [0.717, 1.165) is 18.4 Å². The number of pyridine rings is 1. The Hall–Kier alpha value is -2.50. The summed E-state index contributed by atoms with van der Waals surface area (Å²) in [5, 5.41) is 0. The Labute approximate surface area is 152 Å². The fourth-order valence-corrected chi connectivity index (χ4v) is 4.86. The third kappa shape index (κ3) is 2.47. The first-order valence-corrected chi connectivity index (χ1v) is 9.22. The number of fused-ring (bicyclic) bond motifs is 5. The monoisotopic (exact) mass is 353 g/mol. The van der Waals surface area contributed by atoms with Gasteiger partial charge in [0.2, 0.25) is 17.7 Å². The number of aromatic nitrogens is 1. The van der Waals surface area contributed by atoms with Gasteiger partial charge in [-0.1, -0.05) is 19.1 Å². The van der Waals surface area contributed by atoms with Crippen molar-refractivity contribution in [1.82, 2.24) is 14.8 Å². The lowest BCUT2D eigenvalue weighted by molar-refractivity contribution is -0.147. The van der Waals surface area contributed by atoms with E-state index in [4.69, 9.17) is 0 Å². The highest BCUT2D eigenvalue weighted by atomic mass is 16.2. The second kappa shape index (κ2) is 6.34. The minimum atomic E-state index is -0.252. The van der Waals surface area contributed by atoms with Gasteiger partial charge in [0, 0.05) is 19.4 Å². The molecule has 1 saturated heterocycles. The summed E-state index contributed by atoms with van der Waals surface area (Å²) in [4.78, 5) is 45.1. The lowest BCUT2D eigenvalue weighted by Crippen LogP contribution is -2.43. The van der Waals surface area contributed by atoms with Gasteiger partial charge in [-0.3, -0.25) is 24.3 Å². The summed E-state index contributed by atoms with van der Waals surface area (Å²) in [7, 11) is 1.73. The van der Waals surface area contributed by atoms with Crippen LogP contribution < -0.4 is 0 Å². The number of nitrogens with zero attached hydrogens (tertiary/aromatic N) is 3. The van der Waals surface area contributed by atoms with Gasteiger partial charge < -0.3 is 4.90 Å². The molecule has 1 aromatic heterocycles. The van der Waals surface area contributed by atoms with Gasteiger partial charge in [-0.2, -0.15) is 0 Å². The summed E-state index contributed by atoms with van der Waals surface area (Å²) in [5.41, 5.74) is 0.997. The topological polar surface area (TPSA) is 70.6 Å². The highest BCUT2D eigenvalue weighted by molar-refractivity contribution is 6.08. The van der Waals surface area contributed by atoms with E-state index < -0.39 is 0 Å². The van der Waals surface area contributed by atoms with Crippen LogP contribution in [0.25, 0.3) is 0 Å². The van der Waals surface area contributed by atoms with Crippen molar-refractivity contribution in [1.29, 1.82) is 0 Å². The molecule has 0 aromatic carbocycles. The van der Waals surface area contributed by atoms with Crippen molar-refractivity contribution >= 4 is 17.7 Å². The molecular weight excluding hydrogens is 330 g/mol. The van der Waals surface area contributed by atoms with Gasteiger partial charge >= 0.3 is 0 Å². The van der Waals surface area contributed by atoms with Crippen LogP contribution in [0, 0.1) is 23.7 Å². The SMILES string of the molecule is CC[C@@H](c1ccncc1)N(C)C(=O)CN1C(=O)[C@@H]2[C@H](C1=O)[C@H]1C=C[C@H]2C1. The van der Waals surface area contributed by atoms with E-state index >= 15 is 0 Å². The van der Waals surface area contributed by atoms with Crippen LogP contribution in [0.1, 0.15) is 31.4 Å². The molecule has 0 spiro atoms. The first kappa shape index (κ1) is 16.9. The molecule has 3 amide bonds. The van der Waals surface area contributed by atoms with Crippen molar-refractivity contribution in [2.75, 3.05) is 13.6 Å². The van der Waals surface area contributed by atoms with Crippen LogP contribution >= 0.6 is 0 Å². The Kier molecular flexibility index (Phi) is 4.13. The van der Waals surface area contributed by atoms with Gasteiger partial charge in [-0.15, -0.1) is 0 Å². The van der Waals surface area contributed by atoms with Gasteiger partial charge in [-0.05, 0) is 42.4 Å². The van der Waals surface area contributed by atoms with Crippen LogP contribution in [0.5, 0.6) is 0 Å². The van der Waals surface area contributed by atoms with Gasteiger partial charge in [0.05, 0.1) is 17.9 Å². The summed E-state index contributed by atoms with van der Waals surface area (Å²) < 4.78 is 0. The fourth-order valence-electron chi connectivity index (χ4n) is 4.86. The number of imide groups is 1. The molecule has 2 heterocycles. The first-order chi connectivity index (χ1) is 12.5. The Morgan fingerprint density at radius 2 is 1.77 bits per heavy atom. The maximum atomic E-state index is 12.8. The molecule has 0 radical (unpaired) electrons. The number of amides is 3. The Balaban J connectivity index is 1.48. The Morgan fingerprint density at radius 3 is 2.31 bits per heavy atom. The van der Waals surface area contributed by atoms with Crippen LogP contribution in [0.3, 0.4) is 0 Å². The number of hydrogen-bond donors (Lipinski definition) is 0. The van der Waals surface area contributed by atoms with Gasteiger partial charge in [0.1, 0.15) is 6.54 Å². The zero-order valence-electron chi connectivity index (χ0n) is 15.0. The molecule has 2 aliphatic carbocycles. The molecule has 6 heteroatoms. The third-order valence-electron chi connectivity index (χ3n) is 6.19. The summed E-state index contributed by atoms with van der Waals surface area (Å²) in [6.45, 7) is 1.84. The molecular formula is C20H23N3O3. The second-order valence-electron chi connectivity index (χ2n) is 7.47. The molecule has 136 valence electrons. The maximum absolute atomic E-state index is 12.8. The van der Waals surface area contributed by atoms with E-state index in [1.54, 1.807) is 24.3 Å². The predicted molar refractivity (Wildman–Crippen MR) is 94.5 cm³/mol. The average molecular weight is 353 g/mol. The second-order valence-corrected chi connectivity index (χ2v) is 7.47. The van der Waals surface area contributed by atoms with Crippen LogP contribution in [0.15, 0.2) is 36.7 Å². The number of likely N-dealkylation sites (N-methyl/N-ethyl adjacent to an activating group) is 1. The van der Waals surface area contributed by atoms with Crippen molar-refractivity contribution in [3.8, 4) is 0 Å². The zero-order valence-corrected chi connectivity index (χ0v) is 15.0. The largest absolute Gasteiger partial charge is 0.337 e. The van der Waals surface area contributed by atoms with E-state index in [9.17, 15) is 14.4 Å². The molecule has 26 heavy (non-hydrogen) atoms. The van der Waals surface area contributed by atoms with E-state index in [0.29, 0.717) is 0 Å². The molecule has 3 aliphatic rings. The van der Waals surface area contributed by atoms with Crippen LogP contribution in [0.2, 0.25) is 0 Å². The summed E-state index contributed by atoms with van der Waals surface area (Å²) in [6, 6.07) is 3.67. The highest BCUT2D eigenvalue weighted by Gasteiger charge is 2.59. The summed E-state index contributed by atoms with van der Waals surface area (Å²) in [5.74, 6) is -0.726. The number of hydrogen-bond acceptors (Lipinski definition) is 4. The summed E-state index contributed by atoms with van der Waals surface area (Å²) >= 11 is 0. The van der Waals surface area contributed by atoms with Gasteiger partial charge in [-0.25, -0.2) is 0 Å². The molecule has 1 aromatic rings. The number of carbonyl (C=O) groups excluding carboxylic acids is 3. The normalized spacial score (nSPS) is 30.0. The lowest BCUT2D eigenvalue weighted by Gasteiger charge is -2.29. The molecule has 6 nitrogen and oxygen atoms in total. The summed E-state index contributed by atoms with van der Waals surface area (Å²) in [6.07, 6.45) is 9.17. The molecule has 4 rings (SSSR count). The lowest BCUT2D eigenvalue weighted by atomic mass is 9.85. The van der Waals surface area contributed by atoms with Crippen molar-refractivity contribution in [3.63, 3.8) is 0 Å². The van der Waals surface area contributed by atoms with E-state index in [1.807, 2.05) is 19.1 Å². The quantitative estimate of drug-likeness (QED) is 0.598. The average Bonchev–Trinajstić information content (AvgIpc) is 3.33. The van der Waals surface area contributed by atoms with Crippen LogP contribution in [-0.2, 0) is 14.4 Å².